The second-order valence-corrected chi connectivity index (χ2v) is 8.96. The highest BCUT2D eigenvalue weighted by molar-refractivity contribution is 9.10. The molecule has 0 atom stereocenters. The second-order valence-electron chi connectivity index (χ2n) is 7.12. The first-order chi connectivity index (χ1) is 16.0. The summed E-state index contributed by atoms with van der Waals surface area (Å²) in [4.78, 5) is 27.0. The van der Waals surface area contributed by atoms with Crippen LogP contribution in [-0.2, 0) is 4.79 Å². The summed E-state index contributed by atoms with van der Waals surface area (Å²) in [6.45, 7) is 2.77. The number of amides is 2. The van der Waals surface area contributed by atoms with E-state index in [1.807, 2.05) is 49.4 Å². The maximum absolute atomic E-state index is 12.9. The Morgan fingerprint density at radius 3 is 2.58 bits per heavy atom. The van der Waals surface area contributed by atoms with Gasteiger partial charge < -0.3 is 14.2 Å². The number of ether oxygens (including phenoxy) is 3. The van der Waals surface area contributed by atoms with E-state index in [1.54, 1.807) is 25.3 Å². The average Bonchev–Trinajstić information content (AvgIpc) is 3.08. The van der Waals surface area contributed by atoms with E-state index in [9.17, 15) is 9.59 Å². The van der Waals surface area contributed by atoms with Crippen LogP contribution in [0.15, 0.2) is 64.0 Å². The molecule has 1 aliphatic rings. The van der Waals surface area contributed by atoms with Gasteiger partial charge in [0.15, 0.2) is 11.5 Å². The van der Waals surface area contributed by atoms with Crippen LogP contribution >= 0.6 is 27.7 Å². The van der Waals surface area contributed by atoms with Crippen molar-refractivity contribution < 1.29 is 23.8 Å². The van der Waals surface area contributed by atoms with E-state index in [-0.39, 0.29) is 24.3 Å². The molecule has 0 unspecified atom stereocenters. The molecule has 0 N–H and O–H groups in total. The number of carbonyl (C=O) groups excluding carboxylic acids is 2. The normalized spacial score (nSPS) is 14.9. The third kappa shape index (κ3) is 5.02. The Kier molecular flexibility index (Phi) is 7.25. The molecule has 3 aromatic rings. The fourth-order valence-corrected chi connectivity index (χ4v) is 4.78. The SMILES string of the molecule is CCOc1cc(Br)c(/C=C2\SC(=O)N(CCOc3cccc4ccccc34)C2=O)cc1OC. The predicted molar refractivity (Wildman–Crippen MR) is 134 cm³/mol. The van der Waals surface area contributed by atoms with Gasteiger partial charge in [-0.2, -0.15) is 0 Å². The largest absolute Gasteiger partial charge is 0.493 e. The summed E-state index contributed by atoms with van der Waals surface area (Å²) in [5.41, 5.74) is 0.716. The number of hydrogen-bond acceptors (Lipinski definition) is 6. The Morgan fingerprint density at radius 1 is 1.00 bits per heavy atom. The van der Waals surface area contributed by atoms with Crippen LogP contribution in [0.4, 0.5) is 4.79 Å². The number of rotatable bonds is 8. The zero-order chi connectivity index (χ0) is 23.4. The molecule has 1 heterocycles. The fraction of sp³-hybridized carbons (Fsp3) is 0.200. The molecular weight excluding hydrogens is 506 g/mol. The number of hydrogen-bond donors (Lipinski definition) is 0. The minimum absolute atomic E-state index is 0.166. The van der Waals surface area contributed by atoms with E-state index in [1.165, 1.54) is 4.90 Å². The summed E-state index contributed by atoms with van der Waals surface area (Å²) >= 11 is 4.42. The molecule has 1 fully saturated rings. The van der Waals surface area contributed by atoms with Crippen LogP contribution in [0.3, 0.4) is 0 Å². The highest BCUT2D eigenvalue weighted by Crippen LogP contribution is 2.38. The average molecular weight is 528 g/mol. The van der Waals surface area contributed by atoms with Crippen molar-refractivity contribution in [2.75, 3.05) is 26.9 Å². The number of thioether (sulfide) groups is 1. The molecule has 0 spiro atoms. The number of imide groups is 1. The zero-order valence-corrected chi connectivity index (χ0v) is 20.6. The lowest BCUT2D eigenvalue weighted by atomic mass is 10.1. The molecule has 4 rings (SSSR count). The van der Waals surface area contributed by atoms with Crippen molar-refractivity contribution in [1.29, 1.82) is 0 Å². The monoisotopic (exact) mass is 527 g/mol. The van der Waals surface area contributed by atoms with Gasteiger partial charge in [0.1, 0.15) is 12.4 Å². The summed E-state index contributed by atoms with van der Waals surface area (Å²) < 4.78 is 17.6. The molecule has 1 saturated heterocycles. The minimum Gasteiger partial charge on any atom is -0.493 e. The van der Waals surface area contributed by atoms with E-state index in [0.717, 1.165) is 32.8 Å². The van der Waals surface area contributed by atoms with Crippen LogP contribution in [0.5, 0.6) is 17.2 Å². The van der Waals surface area contributed by atoms with Gasteiger partial charge in [0.05, 0.1) is 25.2 Å². The Hall–Kier alpha value is -2.97. The lowest BCUT2D eigenvalue weighted by Gasteiger charge is -2.14. The maximum atomic E-state index is 12.9. The summed E-state index contributed by atoms with van der Waals surface area (Å²) in [6.07, 6.45) is 1.68. The fourth-order valence-electron chi connectivity index (χ4n) is 3.49. The first-order valence-electron chi connectivity index (χ1n) is 10.4. The maximum Gasteiger partial charge on any atom is 0.293 e. The van der Waals surface area contributed by atoms with E-state index in [4.69, 9.17) is 14.2 Å². The summed E-state index contributed by atoms with van der Waals surface area (Å²) in [7, 11) is 1.55. The number of carbonyl (C=O) groups is 2. The van der Waals surface area contributed by atoms with E-state index in [0.29, 0.717) is 28.6 Å². The van der Waals surface area contributed by atoms with Crippen molar-refractivity contribution in [2.24, 2.45) is 0 Å². The van der Waals surface area contributed by atoms with Crippen molar-refractivity contribution in [3.05, 3.63) is 69.5 Å². The van der Waals surface area contributed by atoms with Crippen molar-refractivity contribution >= 4 is 55.7 Å². The lowest BCUT2D eigenvalue weighted by molar-refractivity contribution is -0.123. The zero-order valence-electron chi connectivity index (χ0n) is 18.2. The van der Waals surface area contributed by atoms with E-state index < -0.39 is 0 Å². The smallest absolute Gasteiger partial charge is 0.293 e. The Morgan fingerprint density at radius 2 is 1.79 bits per heavy atom. The summed E-state index contributed by atoms with van der Waals surface area (Å²) in [5, 5.41) is 1.74. The third-order valence-electron chi connectivity index (χ3n) is 5.07. The summed E-state index contributed by atoms with van der Waals surface area (Å²) in [5.74, 6) is 1.53. The molecule has 0 aromatic heterocycles. The van der Waals surface area contributed by atoms with Crippen LogP contribution in [0.25, 0.3) is 16.8 Å². The number of fused-ring (bicyclic) bond motifs is 1. The molecule has 1 aliphatic heterocycles. The van der Waals surface area contributed by atoms with Gasteiger partial charge >= 0.3 is 0 Å². The van der Waals surface area contributed by atoms with E-state index in [2.05, 4.69) is 15.9 Å². The summed E-state index contributed by atoms with van der Waals surface area (Å²) in [6, 6.07) is 17.3. The quantitative estimate of drug-likeness (QED) is 0.328. The van der Waals surface area contributed by atoms with Gasteiger partial charge in [0.2, 0.25) is 0 Å². The van der Waals surface area contributed by atoms with Crippen molar-refractivity contribution in [3.63, 3.8) is 0 Å². The second kappa shape index (κ2) is 10.3. The molecular formula is C25H22BrNO5S. The van der Waals surface area contributed by atoms with Gasteiger partial charge in [-0.1, -0.05) is 52.3 Å². The molecule has 8 heteroatoms. The van der Waals surface area contributed by atoms with Crippen LogP contribution in [0, 0.1) is 0 Å². The van der Waals surface area contributed by atoms with Gasteiger partial charge in [-0.25, -0.2) is 0 Å². The molecule has 2 amide bonds. The highest BCUT2D eigenvalue weighted by atomic mass is 79.9. The Labute approximate surface area is 204 Å². The minimum atomic E-state index is -0.341. The standard InChI is InChI=1S/C25H22BrNO5S/c1-3-31-22-15-19(26)17(13-21(22)30-2)14-23-24(28)27(25(29)33-23)11-12-32-20-10-6-8-16-7-4-5-9-18(16)20/h4-10,13-15H,3,11-12H2,1-2H3/b23-14-. The van der Waals surface area contributed by atoms with Gasteiger partial charge in [0, 0.05) is 9.86 Å². The molecule has 0 radical (unpaired) electrons. The van der Waals surface area contributed by atoms with Gasteiger partial charge in [-0.05, 0) is 53.9 Å². The first-order valence-corrected chi connectivity index (χ1v) is 12.0. The number of nitrogens with zero attached hydrogens (tertiary/aromatic N) is 1. The first kappa shape index (κ1) is 23.2. The number of benzene rings is 3. The van der Waals surface area contributed by atoms with Crippen molar-refractivity contribution in [3.8, 4) is 17.2 Å². The van der Waals surface area contributed by atoms with Crippen LogP contribution < -0.4 is 14.2 Å². The van der Waals surface area contributed by atoms with Gasteiger partial charge in [-0.15, -0.1) is 0 Å². The van der Waals surface area contributed by atoms with Gasteiger partial charge in [-0.3, -0.25) is 14.5 Å². The predicted octanol–water partition coefficient (Wildman–Crippen LogP) is 6.12. The molecule has 170 valence electrons. The molecule has 0 bridgehead atoms. The molecule has 6 nitrogen and oxygen atoms in total. The van der Waals surface area contributed by atoms with Gasteiger partial charge in [0.25, 0.3) is 11.1 Å². The number of methoxy groups -OCH3 is 1. The Balaban J connectivity index is 1.47. The lowest BCUT2D eigenvalue weighted by Crippen LogP contribution is -2.32. The molecule has 0 saturated carbocycles. The highest BCUT2D eigenvalue weighted by Gasteiger charge is 2.35. The van der Waals surface area contributed by atoms with Crippen LogP contribution in [0.1, 0.15) is 12.5 Å². The molecule has 33 heavy (non-hydrogen) atoms. The molecule has 0 aliphatic carbocycles. The van der Waals surface area contributed by atoms with Crippen LogP contribution in [-0.4, -0.2) is 42.9 Å². The Bertz CT molecular complexity index is 1240. The van der Waals surface area contributed by atoms with Crippen LogP contribution in [0.2, 0.25) is 0 Å². The molecule has 3 aromatic carbocycles. The van der Waals surface area contributed by atoms with E-state index >= 15 is 0 Å². The number of halogens is 1. The topological polar surface area (TPSA) is 65.1 Å². The third-order valence-corrected chi connectivity index (χ3v) is 6.66. The van der Waals surface area contributed by atoms with Crippen molar-refractivity contribution in [1.82, 2.24) is 4.90 Å². The van der Waals surface area contributed by atoms with Crippen molar-refractivity contribution in [2.45, 2.75) is 6.92 Å².